The van der Waals surface area contributed by atoms with Crippen molar-refractivity contribution in [2.45, 2.75) is 12.5 Å². The zero-order chi connectivity index (χ0) is 9.14. The lowest BCUT2D eigenvalue weighted by Crippen LogP contribution is -2.42. The lowest BCUT2D eigenvalue weighted by atomic mass is 10.2. The van der Waals surface area contributed by atoms with Gasteiger partial charge in [0.1, 0.15) is 0 Å². The van der Waals surface area contributed by atoms with Gasteiger partial charge in [0.05, 0.1) is 0 Å². The Hall–Kier alpha value is -0.380. The van der Waals surface area contributed by atoms with Crippen molar-refractivity contribution in [3.8, 4) is 0 Å². The van der Waals surface area contributed by atoms with Crippen LogP contribution >= 0.6 is 11.8 Å². The molecule has 1 aliphatic heterocycles. The number of rotatable bonds is 1. The van der Waals surface area contributed by atoms with Crippen LogP contribution in [0.5, 0.6) is 0 Å². The van der Waals surface area contributed by atoms with Gasteiger partial charge in [0, 0.05) is 32.9 Å². The van der Waals surface area contributed by atoms with Gasteiger partial charge in [-0.15, -0.1) is 0 Å². The fraction of sp³-hybridized carbons (Fsp3) is 0.875. The first-order valence-corrected chi connectivity index (χ1v) is 5.30. The van der Waals surface area contributed by atoms with Gasteiger partial charge in [-0.1, -0.05) is 0 Å². The fourth-order valence-corrected chi connectivity index (χ4v) is 2.57. The summed E-state index contributed by atoms with van der Waals surface area (Å²) in [6.07, 6.45) is 1.14. The molecule has 1 aliphatic rings. The molecule has 0 radical (unpaired) electrons. The van der Waals surface area contributed by atoms with Crippen LogP contribution in [-0.2, 0) is 0 Å². The molecule has 0 aliphatic carbocycles. The van der Waals surface area contributed by atoms with E-state index in [0.29, 0.717) is 6.04 Å². The van der Waals surface area contributed by atoms with Gasteiger partial charge in [-0.05, 0) is 12.2 Å². The largest absolute Gasteiger partial charge is 0.331 e. The Bertz CT molecular complexity index is 166. The van der Waals surface area contributed by atoms with Crippen LogP contribution in [-0.4, -0.2) is 54.5 Å². The van der Waals surface area contributed by atoms with Crippen molar-refractivity contribution in [2.75, 3.05) is 32.6 Å². The summed E-state index contributed by atoms with van der Waals surface area (Å²) in [6, 6.07) is 0.562. The molecule has 0 aromatic carbocycles. The van der Waals surface area contributed by atoms with Crippen molar-refractivity contribution in [3.05, 3.63) is 0 Å². The van der Waals surface area contributed by atoms with E-state index in [0.717, 1.165) is 12.2 Å². The third-order valence-electron chi connectivity index (χ3n) is 2.14. The predicted molar refractivity (Wildman–Crippen MR) is 52.6 cm³/mol. The average molecular weight is 188 g/mol. The Kier molecular flexibility index (Phi) is 3.26. The quantitative estimate of drug-likeness (QED) is 0.615. The van der Waals surface area contributed by atoms with Crippen LogP contribution in [0.2, 0.25) is 0 Å². The van der Waals surface area contributed by atoms with Crippen LogP contribution in [0, 0.1) is 0 Å². The molecule has 0 saturated carbocycles. The summed E-state index contributed by atoms with van der Waals surface area (Å²) in [4.78, 5) is 14.9. The molecule has 70 valence electrons. The van der Waals surface area contributed by atoms with Gasteiger partial charge in [-0.3, -0.25) is 0 Å². The summed E-state index contributed by atoms with van der Waals surface area (Å²) in [6.45, 7) is 0. The molecule has 1 heterocycles. The fourth-order valence-electron chi connectivity index (χ4n) is 1.30. The molecule has 0 N–H and O–H groups in total. The first kappa shape index (κ1) is 9.71. The maximum Gasteiger partial charge on any atom is 0.319 e. The highest BCUT2D eigenvalue weighted by molar-refractivity contribution is 7.99. The molecule has 1 rings (SSSR count). The minimum atomic E-state index is 0.113. The standard InChI is InChI=1S/C8H16N2OS/c1-9(2)8(11)10(3)7-4-5-12-6-7/h7H,4-6H2,1-3H3/t7-/m1/s1. The Balaban J connectivity index is 2.45. The molecule has 1 fully saturated rings. The molecule has 1 saturated heterocycles. The van der Waals surface area contributed by atoms with Gasteiger partial charge in [0.15, 0.2) is 0 Å². The molecule has 0 spiro atoms. The van der Waals surface area contributed by atoms with Crippen molar-refractivity contribution in [3.63, 3.8) is 0 Å². The van der Waals surface area contributed by atoms with Crippen molar-refractivity contribution < 1.29 is 4.79 Å². The summed E-state index contributed by atoms with van der Waals surface area (Å²) in [5.74, 6) is 2.28. The second-order valence-corrected chi connectivity index (χ2v) is 4.46. The summed E-state index contributed by atoms with van der Waals surface area (Å²) >= 11 is 1.93. The van der Waals surface area contributed by atoms with Crippen molar-refractivity contribution in [2.24, 2.45) is 0 Å². The summed E-state index contributed by atoms with van der Waals surface area (Å²) in [7, 11) is 5.47. The molecule has 12 heavy (non-hydrogen) atoms. The minimum absolute atomic E-state index is 0.113. The number of thioether (sulfide) groups is 1. The van der Waals surface area contributed by atoms with E-state index in [1.807, 2.05) is 23.7 Å². The number of carbonyl (C=O) groups is 1. The first-order chi connectivity index (χ1) is 5.63. The van der Waals surface area contributed by atoms with E-state index in [9.17, 15) is 4.79 Å². The normalized spacial score (nSPS) is 22.4. The van der Waals surface area contributed by atoms with Crippen molar-refractivity contribution in [1.82, 2.24) is 9.80 Å². The lowest BCUT2D eigenvalue weighted by Gasteiger charge is -2.26. The summed E-state index contributed by atoms with van der Waals surface area (Å²) in [5.41, 5.74) is 0. The van der Waals surface area contributed by atoms with Gasteiger partial charge >= 0.3 is 6.03 Å². The van der Waals surface area contributed by atoms with E-state index in [-0.39, 0.29) is 6.03 Å². The second kappa shape index (κ2) is 4.03. The van der Waals surface area contributed by atoms with Gasteiger partial charge in [0.2, 0.25) is 0 Å². The highest BCUT2D eigenvalue weighted by Gasteiger charge is 2.24. The van der Waals surface area contributed by atoms with Crippen LogP contribution in [0.4, 0.5) is 4.79 Å². The van der Waals surface area contributed by atoms with Crippen LogP contribution in [0.15, 0.2) is 0 Å². The number of urea groups is 1. The van der Waals surface area contributed by atoms with Gasteiger partial charge in [0.25, 0.3) is 0 Å². The summed E-state index contributed by atoms with van der Waals surface area (Å²) < 4.78 is 0. The number of carbonyl (C=O) groups excluding carboxylic acids is 1. The maximum atomic E-state index is 11.5. The Morgan fingerprint density at radius 3 is 2.50 bits per heavy atom. The summed E-state index contributed by atoms with van der Waals surface area (Å²) in [5, 5.41) is 0. The van der Waals surface area contributed by atoms with Crippen LogP contribution in [0.1, 0.15) is 6.42 Å². The van der Waals surface area contributed by atoms with E-state index in [4.69, 9.17) is 0 Å². The smallest absolute Gasteiger partial charge is 0.319 e. The molecule has 2 amide bonds. The van der Waals surface area contributed by atoms with E-state index in [1.54, 1.807) is 19.0 Å². The van der Waals surface area contributed by atoms with Gasteiger partial charge < -0.3 is 9.80 Å². The molecular formula is C8H16N2OS. The SMILES string of the molecule is CN(C)C(=O)N(C)[C@@H]1CCSC1. The number of nitrogens with zero attached hydrogens (tertiary/aromatic N) is 2. The Morgan fingerprint density at radius 2 is 2.08 bits per heavy atom. The maximum absolute atomic E-state index is 11.5. The third-order valence-corrected chi connectivity index (χ3v) is 3.28. The topological polar surface area (TPSA) is 23.6 Å². The molecular weight excluding hydrogens is 172 g/mol. The van der Waals surface area contributed by atoms with E-state index in [1.165, 1.54) is 5.75 Å². The molecule has 1 atom stereocenters. The Morgan fingerprint density at radius 1 is 1.42 bits per heavy atom. The van der Waals surface area contributed by atoms with Crippen LogP contribution in [0.3, 0.4) is 0 Å². The molecule has 0 aromatic rings. The number of hydrogen-bond donors (Lipinski definition) is 0. The number of amides is 2. The minimum Gasteiger partial charge on any atom is -0.331 e. The zero-order valence-corrected chi connectivity index (χ0v) is 8.73. The monoisotopic (exact) mass is 188 g/mol. The van der Waals surface area contributed by atoms with Crippen molar-refractivity contribution in [1.29, 1.82) is 0 Å². The molecule has 0 aromatic heterocycles. The molecule has 0 bridgehead atoms. The zero-order valence-electron chi connectivity index (χ0n) is 7.91. The van der Waals surface area contributed by atoms with E-state index >= 15 is 0 Å². The lowest BCUT2D eigenvalue weighted by molar-refractivity contribution is 0.168. The average Bonchev–Trinajstić information content (AvgIpc) is 2.53. The highest BCUT2D eigenvalue weighted by atomic mass is 32.2. The van der Waals surface area contributed by atoms with E-state index in [2.05, 4.69) is 0 Å². The first-order valence-electron chi connectivity index (χ1n) is 4.15. The number of hydrogen-bond acceptors (Lipinski definition) is 2. The van der Waals surface area contributed by atoms with Gasteiger partial charge in [-0.25, -0.2) is 4.79 Å². The second-order valence-electron chi connectivity index (χ2n) is 3.31. The molecule has 0 unspecified atom stereocenters. The van der Waals surface area contributed by atoms with Crippen LogP contribution in [0.25, 0.3) is 0 Å². The Labute approximate surface area is 78.1 Å². The molecule has 4 heteroatoms. The van der Waals surface area contributed by atoms with Crippen LogP contribution < -0.4 is 0 Å². The third kappa shape index (κ3) is 2.06. The highest BCUT2D eigenvalue weighted by Crippen LogP contribution is 2.21. The predicted octanol–water partition coefficient (Wildman–Crippen LogP) is 1.11. The van der Waals surface area contributed by atoms with Crippen molar-refractivity contribution >= 4 is 17.8 Å². The van der Waals surface area contributed by atoms with Gasteiger partial charge in [-0.2, -0.15) is 11.8 Å². The van der Waals surface area contributed by atoms with E-state index < -0.39 is 0 Å². The molecule has 3 nitrogen and oxygen atoms in total.